The molecule has 60 valence electrons. The van der Waals surface area contributed by atoms with E-state index in [1.54, 1.807) is 0 Å². The first-order chi connectivity index (χ1) is 4.57. The van der Waals surface area contributed by atoms with Crippen LogP contribution in [0.3, 0.4) is 0 Å². The monoisotopic (exact) mass is 150 g/mol. The Bertz CT molecular complexity index is 119. The summed E-state index contributed by atoms with van der Waals surface area (Å²) in [6, 6.07) is 0. The molecule has 10 heavy (non-hydrogen) atoms. The molecule has 0 aliphatic heterocycles. The van der Waals surface area contributed by atoms with Crippen LogP contribution < -0.4 is 0 Å². The number of hydrogen-bond donors (Lipinski definition) is 0. The van der Waals surface area contributed by atoms with Crippen LogP contribution >= 0.6 is 0 Å². The van der Waals surface area contributed by atoms with Gasteiger partial charge in [0.15, 0.2) is 0 Å². The highest BCUT2D eigenvalue weighted by Crippen LogP contribution is 2.46. The first-order valence-electron chi connectivity index (χ1n) is 3.53. The lowest BCUT2D eigenvalue weighted by atomic mass is 10.1. The average molecular weight is 150 g/mol. The van der Waals surface area contributed by atoms with Crippen LogP contribution in [0.25, 0.3) is 0 Å². The van der Waals surface area contributed by atoms with Crippen LogP contribution in [0.15, 0.2) is 0 Å². The second-order valence-corrected chi connectivity index (χ2v) is 3.10. The van der Waals surface area contributed by atoms with E-state index in [0.717, 1.165) is 12.8 Å². The highest BCUT2D eigenvalue weighted by atomic mass is 19.3. The maximum atomic E-state index is 11.7. The maximum absolute atomic E-state index is 11.7. The molecule has 0 aromatic rings. The van der Waals surface area contributed by atoms with E-state index in [-0.39, 0.29) is 5.92 Å². The Balaban J connectivity index is 2.38. The fraction of sp³-hybridized carbons (Fsp3) is 1.00. The summed E-state index contributed by atoms with van der Waals surface area (Å²) in [7, 11) is 0. The number of rotatable bonds is 3. The molecule has 0 spiro atoms. The number of halogens is 2. The molecule has 1 rings (SSSR count). The first-order valence-corrected chi connectivity index (χ1v) is 3.53. The smallest absolute Gasteiger partial charge is 0.316 e. The number of hydrogen-bond acceptors (Lipinski definition) is 1. The van der Waals surface area contributed by atoms with Crippen molar-refractivity contribution < 1.29 is 13.5 Å². The summed E-state index contributed by atoms with van der Waals surface area (Å²) in [5.74, 6) is 0.210. The molecular weight excluding hydrogens is 138 g/mol. The van der Waals surface area contributed by atoms with E-state index >= 15 is 0 Å². The van der Waals surface area contributed by atoms with Crippen LogP contribution in [0.1, 0.15) is 26.7 Å². The second-order valence-electron chi connectivity index (χ2n) is 3.10. The SMILES string of the molecule is CC(C)C1(OC(F)F)CC1. The normalized spacial score (nSPS) is 22.2. The topological polar surface area (TPSA) is 9.23 Å². The summed E-state index contributed by atoms with van der Waals surface area (Å²) in [5, 5.41) is 0. The van der Waals surface area contributed by atoms with E-state index in [0.29, 0.717) is 0 Å². The van der Waals surface area contributed by atoms with E-state index in [1.807, 2.05) is 13.8 Å². The van der Waals surface area contributed by atoms with Gasteiger partial charge >= 0.3 is 6.61 Å². The lowest BCUT2D eigenvalue weighted by Gasteiger charge is -2.19. The molecule has 0 aromatic heterocycles. The van der Waals surface area contributed by atoms with Gasteiger partial charge in [0.1, 0.15) is 0 Å². The molecule has 0 amide bonds. The van der Waals surface area contributed by atoms with Crippen LogP contribution in [0.5, 0.6) is 0 Å². The Morgan fingerprint density at radius 3 is 1.90 bits per heavy atom. The summed E-state index contributed by atoms with van der Waals surface area (Å²) < 4.78 is 27.9. The largest absolute Gasteiger partial charge is 0.345 e. The Hall–Kier alpha value is -0.180. The molecule has 1 aliphatic rings. The molecule has 0 unspecified atom stereocenters. The van der Waals surface area contributed by atoms with Crippen molar-refractivity contribution in [2.75, 3.05) is 0 Å². The third-order valence-electron chi connectivity index (χ3n) is 2.12. The summed E-state index contributed by atoms with van der Waals surface area (Å²) in [6.07, 6.45) is 1.57. The average Bonchev–Trinajstić information content (AvgIpc) is 2.46. The molecule has 0 N–H and O–H groups in total. The Morgan fingerprint density at radius 1 is 1.30 bits per heavy atom. The minimum atomic E-state index is -2.61. The first kappa shape index (κ1) is 7.92. The number of ether oxygens (including phenoxy) is 1. The van der Waals surface area contributed by atoms with Crippen molar-refractivity contribution >= 4 is 0 Å². The van der Waals surface area contributed by atoms with E-state index < -0.39 is 12.2 Å². The van der Waals surface area contributed by atoms with Gasteiger partial charge in [-0.05, 0) is 18.8 Å². The molecule has 1 aliphatic carbocycles. The molecule has 0 heterocycles. The van der Waals surface area contributed by atoms with Gasteiger partial charge in [0, 0.05) is 0 Å². The van der Waals surface area contributed by atoms with Crippen LogP contribution in [-0.4, -0.2) is 12.2 Å². The zero-order valence-electron chi connectivity index (χ0n) is 6.23. The van der Waals surface area contributed by atoms with Crippen molar-refractivity contribution in [3.05, 3.63) is 0 Å². The summed E-state index contributed by atoms with van der Waals surface area (Å²) in [6.45, 7) is 1.22. The van der Waals surface area contributed by atoms with Gasteiger partial charge in [-0.25, -0.2) is 0 Å². The van der Waals surface area contributed by atoms with Crippen molar-refractivity contribution in [1.82, 2.24) is 0 Å². The van der Waals surface area contributed by atoms with Gasteiger partial charge in [-0.1, -0.05) is 13.8 Å². The van der Waals surface area contributed by atoms with Crippen LogP contribution in [-0.2, 0) is 4.74 Å². The van der Waals surface area contributed by atoms with Gasteiger partial charge in [-0.15, -0.1) is 0 Å². The summed E-state index contributed by atoms with van der Waals surface area (Å²) in [5.41, 5.74) is -0.478. The van der Waals surface area contributed by atoms with Crippen LogP contribution in [0, 0.1) is 5.92 Å². The molecule has 3 heteroatoms. The van der Waals surface area contributed by atoms with Crippen molar-refractivity contribution in [2.45, 2.75) is 38.9 Å². The van der Waals surface area contributed by atoms with E-state index in [9.17, 15) is 8.78 Å². The zero-order valence-corrected chi connectivity index (χ0v) is 6.23. The zero-order chi connectivity index (χ0) is 7.78. The van der Waals surface area contributed by atoms with E-state index in [1.165, 1.54) is 0 Å². The van der Waals surface area contributed by atoms with Gasteiger partial charge in [-0.3, -0.25) is 0 Å². The van der Waals surface area contributed by atoms with Crippen molar-refractivity contribution in [1.29, 1.82) is 0 Å². The van der Waals surface area contributed by atoms with Gasteiger partial charge in [0.05, 0.1) is 5.60 Å². The predicted octanol–water partition coefficient (Wildman–Crippen LogP) is 2.41. The molecule has 0 radical (unpaired) electrons. The number of alkyl halides is 2. The van der Waals surface area contributed by atoms with Gasteiger partial charge in [-0.2, -0.15) is 8.78 Å². The Labute approximate surface area is 59.4 Å². The lowest BCUT2D eigenvalue weighted by Crippen LogP contribution is -2.23. The minimum Gasteiger partial charge on any atom is -0.316 e. The van der Waals surface area contributed by atoms with Gasteiger partial charge in [0.25, 0.3) is 0 Å². The van der Waals surface area contributed by atoms with Gasteiger partial charge in [0.2, 0.25) is 0 Å². The van der Waals surface area contributed by atoms with Crippen LogP contribution in [0.4, 0.5) is 8.78 Å². The Morgan fingerprint density at radius 2 is 1.80 bits per heavy atom. The highest BCUT2D eigenvalue weighted by molar-refractivity contribution is 4.98. The minimum absolute atomic E-state index is 0.210. The van der Waals surface area contributed by atoms with Crippen molar-refractivity contribution in [3.8, 4) is 0 Å². The molecule has 1 fully saturated rings. The summed E-state index contributed by atoms with van der Waals surface area (Å²) >= 11 is 0. The third-order valence-corrected chi connectivity index (χ3v) is 2.12. The molecule has 0 bridgehead atoms. The quantitative estimate of drug-likeness (QED) is 0.600. The predicted molar refractivity (Wildman–Crippen MR) is 33.9 cm³/mol. The van der Waals surface area contributed by atoms with Crippen LogP contribution in [0.2, 0.25) is 0 Å². The molecule has 0 saturated heterocycles. The van der Waals surface area contributed by atoms with E-state index in [4.69, 9.17) is 0 Å². The molecule has 1 saturated carbocycles. The third kappa shape index (κ3) is 1.45. The fourth-order valence-corrected chi connectivity index (χ4v) is 1.13. The molecular formula is C7H12F2O. The fourth-order valence-electron chi connectivity index (χ4n) is 1.13. The lowest BCUT2D eigenvalue weighted by molar-refractivity contribution is -0.185. The standard InChI is InChI=1S/C7H12F2O/c1-5(2)7(3-4-7)10-6(8)9/h5-6H,3-4H2,1-2H3. The van der Waals surface area contributed by atoms with Crippen molar-refractivity contribution in [2.24, 2.45) is 5.92 Å². The molecule has 0 aromatic carbocycles. The second kappa shape index (κ2) is 2.46. The van der Waals surface area contributed by atoms with Gasteiger partial charge < -0.3 is 4.74 Å². The molecule has 0 atom stereocenters. The maximum Gasteiger partial charge on any atom is 0.345 e. The van der Waals surface area contributed by atoms with Crippen molar-refractivity contribution in [3.63, 3.8) is 0 Å². The summed E-state index contributed by atoms with van der Waals surface area (Å²) in [4.78, 5) is 0. The molecule has 1 nitrogen and oxygen atoms in total. The highest BCUT2D eigenvalue weighted by Gasteiger charge is 2.48. The Kier molecular flexibility index (Phi) is 1.95. The van der Waals surface area contributed by atoms with E-state index in [2.05, 4.69) is 4.74 Å².